The second-order valence-corrected chi connectivity index (χ2v) is 4.52. The highest BCUT2D eigenvalue weighted by molar-refractivity contribution is 5.75. The summed E-state index contributed by atoms with van der Waals surface area (Å²) in [6, 6.07) is 0.217. The smallest absolute Gasteiger partial charge is 0.318 e. The highest BCUT2D eigenvalue weighted by Gasteiger charge is 2.24. The lowest BCUT2D eigenvalue weighted by Gasteiger charge is -2.35. The Balaban J connectivity index is 4.33. The van der Waals surface area contributed by atoms with Crippen LogP contribution in [0.2, 0.25) is 0 Å². The van der Waals surface area contributed by atoms with Crippen LogP contribution >= 0.6 is 0 Å². The number of nitrogens with one attached hydrogen (secondary N) is 1. The van der Waals surface area contributed by atoms with E-state index in [-0.39, 0.29) is 17.6 Å². The Hall–Kier alpha value is -0.730. The van der Waals surface area contributed by atoms with Crippen LogP contribution in [0.15, 0.2) is 0 Å². The Morgan fingerprint density at radius 2 is 1.85 bits per heavy atom. The van der Waals surface area contributed by atoms with Crippen molar-refractivity contribution in [1.82, 2.24) is 10.2 Å². The molecular weight excluding hydrogens is 164 g/mol. The maximum atomic E-state index is 11.6. The molecule has 0 saturated heterocycles. The highest BCUT2D eigenvalue weighted by atomic mass is 16.2. The molecule has 0 aliphatic carbocycles. The average Bonchev–Trinajstić information content (AvgIpc) is 1.82. The van der Waals surface area contributed by atoms with Crippen molar-refractivity contribution in [3.8, 4) is 0 Å². The van der Waals surface area contributed by atoms with Gasteiger partial charge in [0, 0.05) is 18.1 Å². The van der Waals surface area contributed by atoms with Crippen molar-refractivity contribution in [3.63, 3.8) is 0 Å². The van der Waals surface area contributed by atoms with Gasteiger partial charge in [-0.2, -0.15) is 0 Å². The predicted octanol–water partition coefficient (Wildman–Crippen LogP) is 2.22. The Morgan fingerprint density at radius 3 is 2.08 bits per heavy atom. The van der Waals surface area contributed by atoms with Crippen LogP contribution in [0.3, 0.4) is 0 Å². The molecule has 0 aliphatic heterocycles. The predicted molar refractivity (Wildman–Crippen MR) is 55.8 cm³/mol. The topological polar surface area (TPSA) is 32.3 Å². The number of carbonyl (C=O) groups is 1. The fraction of sp³-hybridized carbons (Fsp3) is 0.900. The SMILES string of the molecule is CCN(C(=O)NC(C)C)C(C)(C)C. The van der Waals surface area contributed by atoms with Gasteiger partial charge >= 0.3 is 6.03 Å². The van der Waals surface area contributed by atoms with Gasteiger partial charge in [0.25, 0.3) is 0 Å². The normalized spacial score (nSPS) is 11.6. The molecule has 0 saturated carbocycles. The van der Waals surface area contributed by atoms with Crippen molar-refractivity contribution in [2.45, 2.75) is 53.1 Å². The summed E-state index contributed by atoms with van der Waals surface area (Å²) in [5.74, 6) is 0. The van der Waals surface area contributed by atoms with Gasteiger partial charge in [-0.05, 0) is 41.5 Å². The number of urea groups is 1. The lowest BCUT2D eigenvalue weighted by atomic mass is 10.1. The van der Waals surface area contributed by atoms with Crippen molar-refractivity contribution < 1.29 is 4.79 Å². The minimum Gasteiger partial charge on any atom is -0.336 e. The highest BCUT2D eigenvalue weighted by Crippen LogP contribution is 2.12. The first-order chi connectivity index (χ1) is 5.79. The summed E-state index contributed by atoms with van der Waals surface area (Å²) in [6.45, 7) is 12.8. The molecule has 1 N–H and O–H groups in total. The van der Waals surface area contributed by atoms with Gasteiger partial charge < -0.3 is 10.2 Å². The second kappa shape index (κ2) is 4.49. The summed E-state index contributed by atoms with van der Waals surface area (Å²) in [4.78, 5) is 13.5. The minimum absolute atomic E-state index is 0.0185. The molecule has 0 bridgehead atoms. The van der Waals surface area contributed by atoms with Gasteiger partial charge in [0.1, 0.15) is 0 Å². The standard InChI is InChI=1S/C10H22N2O/c1-7-12(10(4,5)6)9(13)11-8(2)3/h8H,7H2,1-6H3,(H,11,13). The van der Waals surface area contributed by atoms with Crippen LogP contribution in [-0.4, -0.2) is 29.1 Å². The molecule has 2 amide bonds. The lowest BCUT2D eigenvalue weighted by Crippen LogP contribution is -2.51. The molecular formula is C10H22N2O. The maximum Gasteiger partial charge on any atom is 0.318 e. The van der Waals surface area contributed by atoms with Crippen molar-refractivity contribution >= 4 is 6.03 Å². The Bertz CT molecular complexity index is 170. The summed E-state index contributed by atoms with van der Waals surface area (Å²) in [5.41, 5.74) is -0.103. The van der Waals surface area contributed by atoms with Crippen LogP contribution in [0, 0.1) is 0 Å². The summed E-state index contributed by atoms with van der Waals surface area (Å²) >= 11 is 0. The molecule has 3 nitrogen and oxygen atoms in total. The van der Waals surface area contributed by atoms with Crippen LogP contribution < -0.4 is 5.32 Å². The van der Waals surface area contributed by atoms with Crippen LogP contribution in [0.4, 0.5) is 4.79 Å². The van der Waals surface area contributed by atoms with Gasteiger partial charge in [0.05, 0.1) is 0 Å². The zero-order valence-electron chi connectivity index (χ0n) is 9.64. The average molecular weight is 186 g/mol. The molecule has 0 rings (SSSR count). The van der Waals surface area contributed by atoms with Gasteiger partial charge in [0.15, 0.2) is 0 Å². The van der Waals surface area contributed by atoms with E-state index >= 15 is 0 Å². The fourth-order valence-electron chi connectivity index (χ4n) is 1.25. The van der Waals surface area contributed by atoms with E-state index < -0.39 is 0 Å². The molecule has 0 radical (unpaired) electrons. The van der Waals surface area contributed by atoms with E-state index in [1.54, 1.807) is 0 Å². The molecule has 0 aromatic heterocycles. The molecule has 0 aromatic carbocycles. The molecule has 78 valence electrons. The summed E-state index contributed by atoms with van der Waals surface area (Å²) < 4.78 is 0. The van der Waals surface area contributed by atoms with Crippen molar-refractivity contribution in [2.24, 2.45) is 0 Å². The fourth-order valence-corrected chi connectivity index (χ4v) is 1.25. The van der Waals surface area contributed by atoms with E-state index in [2.05, 4.69) is 5.32 Å². The van der Waals surface area contributed by atoms with E-state index in [1.165, 1.54) is 0 Å². The van der Waals surface area contributed by atoms with Crippen LogP contribution in [-0.2, 0) is 0 Å². The first kappa shape index (κ1) is 12.3. The largest absolute Gasteiger partial charge is 0.336 e. The number of amides is 2. The molecule has 3 heteroatoms. The first-order valence-corrected chi connectivity index (χ1v) is 4.87. The van der Waals surface area contributed by atoms with Crippen LogP contribution in [0.5, 0.6) is 0 Å². The number of nitrogens with zero attached hydrogens (tertiary/aromatic N) is 1. The summed E-state index contributed by atoms with van der Waals surface area (Å²) in [6.07, 6.45) is 0. The molecule has 0 spiro atoms. The Kier molecular flexibility index (Phi) is 4.24. The van der Waals surface area contributed by atoms with Gasteiger partial charge in [0.2, 0.25) is 0 Å². The van der Waals surface area contributed by atoms with Crippen LogP contribution in [0.25, 0.3) is 0 Å². The van der Waals surface area contributed by atoms with Crippen molar-refractivity contribution in [1.29, 1.82) is 0 Å². The van der Waals surface area contributed by atoms with Crippen LogP contribution in [0.1, 0.15) is 41.5 Å². The minimum atomic E-state index is -0.103. The first-order valence-electron chi connectivity index (χ1n) is 4.87. The quantitative estimate of drug-likeness (QED) is 0.704. The third kappa shape index (κ3) is 4.15. The second-order valence-electron chi connectivity index (χ2n) is 4.52. The monoisotopic (exact) mass is 186 g/mol. The molecule has 0 heterocycles. The van der Waals surface area contributed by atoms with Gasteiger partial charge in [-0.1, -0.05) is 0 Å². The van der Waals surface area contributed by atoms with Crippen molar-refractivity contribution in [3.05, 3.63) is 0 Å². The van der Waals surface area contributed by atoms with Gasteiger partial charge in [-0.25, -0.2) is 4.79 Å². The molecule has 0 unspecified atom stereocenters. The van der Waals surface area contributed by atoms with E-state index in [4.69, 9.17) is 0 Å². The number of carbonyl (C=O) groups excluding carboxylic acids is 1. The Labute approximate surface area is 81.5 Å². The number of hydrogen-bond acceptors (Lipinski definition) is 1. The molecule has 13 heavy (non-hydrogen) atoms. The van der Waals surface area contributed by atoms with E-state index in [9.17, 15) is 4.79 Å². The van der Waals surface area contributed by atoms with Gasteiger partial charge in [-0.15, -0.1) is 0 Å². The maximum absolute atomic E-state index is 11.6. The van der Waals surface area contributed by atoms with Crippen molar-refractivity contribution in [2.75, 3.05) is 6.54 Å². The molecule has 0 fully saturated rings. The zero-order valence-corrected chi connectivity index (χ0v) is 9.64. The number of rotatable bonds is 2. The molecule has 0 aliphatic rings. The lowest BCUT2D eigenvalue weighted by molar-refractivity contribution is 0.148. The summed E-state index contributed by atoms with van der Waals surface area (Å²) in [5, 5.41) is 2.89. The number of hydrogen-bond donors (Lipinski definition) is 1. The zero-order chi connectivity index (χ0) is 10.6. The Morgan fingerprint density at radius 1 is 1.38 bits per heavy atom. The molecule has 0 atom stereocenters. The molecule has 0 aromatic rings. The van der Waals surface area contributed by atoms with E-state index in [0.717, 1.165) is 6.54 Å². The third-order valence-electron chi connectivity index (χ3n) is 1.78. The third-order valence-corrected chi connectivity index (χ3v) is 1.78. The van der Waals surface area contributed by atoms with Gasteiger partial charge in [-0.3, -0.25) is 0 Å². The van der Waals surface area contributed by atoms with E-state index in [1.807, 2.05) is 46.4 Å². The summed E-state index contributed by atoms with van der Waals surface area (Å²) in [7, 11) is 0. The van der Waals surface area contributed by atoms with E-state index in [0.29, 0.717) is 0 Å².